The molecular weight excluding hydrogens is 333 g/mol. The van der Waals surface area contributed by atoms with Crippen molar-refractivity contribution in [3.63, 3.8) is 0 Å². The van der Waals surface area contributed by atoms with Crippen molar-refractivity contribution in [2.24, 2.45) is 5.92 Å². The molecule has 4 nitrogen and oxygen atoms in total. The van der Waals surface area contributed by atoms with Gasteiger partial charge in [0.1, 0.15) is 6.10 Å². The van der Waals surface area contributed by atoms with Crippen LogP contribution >= 0.6 is 0 Å². The molecular formula is C18H23F3N2O2. The Balaban J connectivity index is 1.59. The van der Waals surface area contributed by atoms with Crippen molar-refractivity contribution in [3.05, 3.63) is 35.4 Å². The van der Waals surface area contributed by atoms with E-state index in [4.69, 9.17) is 4.74 Å². The number of carbonyl (C=O) groups is 1. The highest BCUT2D eigenvalue weighted by Gasteiger charge is 2.32. The zero-order valence-electron chi connectivity index (χ0n) is 14.0. The summed E-state index contributed by atoms with van der Waals surface area (Å²) in [6.07, 6.45) is -2.44. The Bertz CT molecular complexity index is 600. The Labute approximate surface area is 145 Å². The van der Waals surface area contributed by atoms with Gasteiger partial charge in [0.05, 0.1) is 18.7 Å². The van der Waals surface area contributed by atoms with Crippen molar-refractivity contribution in [3.8, 4) is 0 Å². The maximum atomic E-state index is 12.9. The third-order valence-electron chi connectivity index (χ3n) is 4.93. The van der Waals surface area contributed by atoms with Crippen LogP contribution < -0.4 is 5.32 Å². The second kappa shape index (κ2) is 7.74. The van der Waals surface area contributed by atoms with Crippen LogP contribution in [0.5, 0.6) is 0 Å². The third-order valence-corrected chi connectivity index (χ3v) is 4.93. The van der Waals surface area contributed by atoms with Crippen molar-refractivity contribution >= 4 is 5.91 Å². The molecule has 3 rings (SSSR count). The molecule has 1 aromatic carbocycles. The monoisotopic (exact) mass is 356 g/mol. The third kappa shape index (κ3) is 4.73. The van der Waals surface area contributed by atoms with Gasteiger partial charge in [-0.05, 0) is 49.5 Å². The predicted octanol–water partition coefficient (Wildman–Crippen LogP) is 3.00. The van der Waals surface area contributed by atoms with Crippen LogP contribution in [0.4, 0.5) is 13.2 Å². The van der Waals surface area contributed by atoms with Crippen LogP contribution in [0.1, 0.15) is 36.5 Å². The van der Waals surface area contributed by atoms with E-state index in [0.29, 0.717) is 37.6 Å². The molecule has 0 radical (unpaired) electrons. The van der Waals surface area contributed by atoms with Crippen molar-refractivity contribution in [1.82, 2.24) is 10.2 Å². The number of hydrogen-bond donors (Lipinski definition) is 1. The molecule has 2 unspecified atom stereocenters. The van der Waals surface area contributed by atoms with Crippen LogP contribution in [0.2, 0.25) is 0 Å². The Morgan fingerprint density at radius 2 is 2.20 bits per heavy atom. The van der Waals surface area contributed by atoms with Crippen molar-refractivity contribution in [2.75, 3.05) is 32.8 Å². The average Bonchev–Trinajstić information content (AvgIpc) is 3.13. The van der Waals surface area contributed by atoms with Crippen molar-refractivity contribution in [2.45, 2.75) is 31.5 Å². The lowest BCUT2D eigenvalue weighted by atomic mass is 10.0. The summed E-state index contributed by atoms with van der Waals surface area (Å²) < 4.78 is 44.3. The number of hydrogen-bond acceptors (Lipinski definition) is 3. The quantitative estimate of drug-likeness (QED) is 0.902. The highest BCUT2D eigenvalue weighted by molar-refractivity contribution is 5.76. The van der Waals surface area contributed by atoms with E-state index in [1.54, 1.807) is 11.0 Å². The molecule has 0 aliphatic carbocycles. The molecule has 2 aliphatic heterocycles. The maximum absolute atomic E-state index is 12.9. The number of alkyl halides is 3. The Hall–Kier alpha value is -1.60. The molecule has 2 saturated heterocycles. The lowest BCUT2D eigenvalue weighted by Crippen LogP contribution is -2.42. The van der Waals surface area contributed by atoms with E-state index in [-0.39, 0.29) is 5.91 Å². The molecule has 2 fully saturated rings. The van der Waals surface area contributed by atoms with Crippen molar-refractivity contribution < 1.29 is 22.7 Å². The van der Waals surface area contributed by atoms with Gasteiger partial charge in [-0.2, -0.15) is 13.2 Å². The standard InChI is InChI=1S/C18H23F3N2O2/c19-18(20,21)15-3-1-2-14(10-15)16-12-23(8-9-25-16)17(24)5-4-13-6-7-22-11-13/h1-3,10,13,16,22H,4-9,11-12H2. The van der Waals surface area contributed by atoms with E-state index in [0.717, 1.165) is 38.1 Å². The fourth-order valence-electron chi connectivity index (χ4n) is 3.44. The number of nitrogens with one attached hydrogen (secondary N) is 1. The van der Waals surface area contributed by atoms with Crippen LogP contribution in [0.25, 0.3) is 0 Å². The van der Waals surface area contributed by atoms with Crippen LogP contribution in [-0.2, 0) is 15.7 Å². The smallest absolute Gasteiger partial charge is 0.370 e. The van der Waals surface area contributed by atoms with Gasteiger partial charge in [0.15, 0.2) is 0 Å². The maximum Gasteiger partial charge on any atom is 0.416 e. The van der Waals surface area contributed by atoms with Crippen LogP contribution in [0.3, 0.4) is 0 Å². The summed E-state index contributed by atoms with van der Waals surface area (Å²) >= 11 is 0. The molecule has 2 atom stereocenters. The fraction of sp³-hybridized carbons (Fsp3) is 0.611. The molecule has 25 heavy (non-hydrogen) atoms. The van der Waals surface area contributed by atoms with Gasteiger partial charge >= 0.3 is 6.18 Å². The minimum atomic E-state index is -4.38. The summed E-state index contributed by atoms with van der Waals surface area (Å²) in [7, 11) is 0. The van der Waals surface area contributed by atoms with Gasteiger partial charge in [-0.3, -0.25) is 4.79 Å². The molecule has 1 N–H and O–H groups in total. The van der Waals surface area contributed by atoms with Gasteiger partial charge in [0, 0.05) is 13.0 Å². The zero-order chi connectivity index (χ0) is 17.9. The molecule has 7 heteroatoms. The first-order chi connectivity index (χ1) is 11.9. The van der Waals surface area contributed by atoms with E-state index in [1.165, 1.54) is 6.07 Å². The second-order valence-electron chi connectivity index (χ2n) is 6.72. The predicted molar refractivity (Wildman–Crippen MR) is 86.9 cm³/mol. The van der Waals surface area contributed by atoms with Gasteiger partial charge < -0.3 is 15.0 Å². The number of amides is 1. The molecule has 1 aromatic rings. The SMILES string of the molecule is O=C(CCC1CCNC1)N1CCOC(c2cccc(C(F)(F)F)c2)C1. The summed E-state index contributed by atoms with van der Waals surface area (Å²) in [4.78, 5) is 14.1. The number of halogens is 3. The number of rotatable bonds is 4. The number of morpholine rings is 1. The summed E-state index contributed by atoms with van der Waals surface area (Å²) in [5, 5.41) is 3.28. The lowest BCUT2D eigenvalue weighted by molar-refractivity contribution is -0.140. The molecule has 1 amide bonds. The Kier molecular flexibility index (Phi) is 5.64. The minimum Gasteiger partial charge on any atom is -0.370 e. The molecule has 138 valence electrons. The van der Waals surface area contributed by atoms with Gasteiger partial charge in [0.25, 0.3) is 0 Å². The molecule has 0 aromatic heterocycles. The summed E-state index contributed by atoms with van der Waals surface area (Å²) in [6.45, 7) is 3.12. The largest absolute Gasteiger partial charge is 0.416 e. The number of nitrogens with zero attached hydrogens (tertiary/aromatic N) is 1. The van der Waals surface area contributed by atoms with Crippen LogP contribution in [0.15, 0.2) is 24.3 Å². The van der Waals surface area contributed by atoms with Crippen molar-refractivity contribution in [1.29, 1.82) is 0 Å². The lowest BCUT2D eigenvalue weighted by Gasteiger charge is -2.33. The normalized spacial score (nSPS) is 24.5. The van der Waals surface area contributed by atoms with Gasteiger partial charge in [0.2, 0.25) is 5.91 Å². The minimum absolute atomic E-state index is 0.0622. The highest BCUT2D eigenvalue weighted by Crippen LogP contribution is 2.32. The van der Waals surface area contributed by atoms with E-state index < -0.39 is 17.8 Å². The summed E-state index contributed by atoms with van der Waals surface area (Å²) in [5.41, 5.74) is -0.224. The molecule has 0 bridgehead atoms. The van der Waals surface area contributed by atoms with E-state index in [9.17, 15) is 18.0 Å². The zero-order valence-corrected chi connectivity index (χ0v) is 14.0. The second-order valence-corrected chi connectivity index (χ2v) is 6.72. The highest BCUT2D eigenvalue weighted by atomic mass is 19.4. The van der Waals surface area contributed by atoms with Crippen LogP contribution in [0, 0.1) is 5.92 Å². The van der Waals surface area contributed by atoms with Crippen LogP contribution in [-0.4, -0.2) is 43.6 Å². The first-order valence-corrected chi connectivity index (χ1v) is 8.71. The van der Waals surface area contributed by atoms with Gasteiger partial charge in [-0.1, -0.05) is 12.1 Å². The van der Waals surface area contributed by atoms with E-state index in [1.807, 2.05) is 0 Å². The molecule has 0 saturated carbocycles. The topological polar surface area (TPSA) is 41.6 Å². The van der Waals surface area contributed by atoms with Gasteiger partial charge in [-0.25, -0.2) is 0 Å². The summed E-state index contributed by atoms with van der Waals surface area (Å²) in [5.74, 6) is 0.608. The Morgan fingerprint density at radius 3 is 2.92 bits per heavy atom. The average molecular weight is 356 g/mol. The van der Waals surface area contributed by atoms with E-state index in [2.05, 4.69) is 5.32 Å². The Morgan fingerprint density at radius 1 is 1.36 bits per heavy atom. The molecule has 0 spiro atoms. The molecule has 2 aliphatic rings. The molecule has 2 heterocycles. The number of carbonyl (C=O) groups excluding carboxylic acids is 1. The fourth-order valence-corrected chi connectivity index (χ4v) is 3.44. The van der Waals surface area contributed by atoms with Gasteiger partial charge in [-0.15, -0.1) is 0 Å². The summed E-state index contributed by atoms with van der Waals surface area (Å²) in [6, 6.07) is 5.17. The first kappa shape index (κ1) is 18.2. The van der Waals surface area contributed by atoms with E-state index >= 15 is 0 Å². The first-order valence-electron chi connectivity index (χ1n) is 8.71. The number of ether oxygens (including phenoxy) is 1. The number of benzene rings is 1.